The summed E-state index contributed by atoms with van der Waals surface area (Å²) in [4.78, 5) is 22.3. The van der Waals surface area contributed by atoms with E-state index in [4.69, 9.17) is 4.74 Å². The van der Waals surface area contributed by atoms with E-state index in [2.05, 4.69) is 32.6 Å². The Kier molecular flexibility index (Phi) is 4.87. The van der Waals surface area contributed by atoms with Crippen molar-refractivity contribution >= 4 is 28.5 Å². The molecule has 1 aliphatic rings. The number of aromatic nitrogens is 2. The van der Waals surface area contributed by atoms with Crippen molar-refractivity contribution in [1.29, 1.82) is 0 Å². The summed E-state index contributed by atoms with van der Waals surface area (Å²) >= 11 is 2.22. The van der Waals surface area contributed by atoms with E-state index >= 15 is 0 Å². The first kappa shape index (κ1) is 15.2. The molecule has 3 rings (SSSR count). The number of carbonyl (C=O) groups excluding carboxylic acids is 1. The number of piperidine rings is 1. The van der Waals surface area contributed by atoms with Crippen LogP contribution in [0, 0.1) is 3.57 Å². The quantitative estimate of drug-likeness (QED) is 0.732. The van der Waals surface area contributed by atoms with E-state index in [1.165, 1.54) is 6.33 Å². The zero-order valence-electron chi connectivity index (χ0n) is 12.0. The molecule has 1 saturated heterocycles. The van der Waals surface area contributed by atoms with Crippen molar-refractivity contribution in [1.82, 2.24) is 14.9 Å². The fourth-order valence-corrected chi connectivity index (χ4v) is 3.04. The predicted molar refractivity (Wildman–Crippen MR) is 90.7 cm³/mol. The third-order valence-corrected chi connectivity index (χ3v) is 4.31. The molecule has 2 aromatic rings. The molecule has 0 saturated carbocycles. The van der Waals surface area contributed by atoms with Gasteiger partial charge in [-0.25, -0.2) is 9.97 Å². The van der Waals surface area contributed by atoms with Gasteiger partial charge in [0.2, 0.25) is 5.88 Å². The molecule has 1 amide bonds. The molecular weight excluding hydrogens is 393 g/mol. The minimum absolute atomic E-state index is 0.0963. The number of amides is 1. The van der Waals surface area contributed by atoms with Gasteiger partial charge in [-0.3, -0.25) is 4.79 Å². The Morgan fingerprint density at radius 2 is 2.09 bits per heavy atom. The number of rotatable bonds is 3. The zero-order valence-corrected chi connectivity index (χ0v) is 14.1. The molecule has 0 aliphatic carbocycles. The van der Waals surface area contributed by atoms with E-state index in [-0.39, 0.29) is 12.0 Å². The largest absolute Gasteiger partial charge is 0.474 e. The molecule has 1 aromatic carbocycles. The van der Waals surface area contributed by atoms with Crippen LogP contribution in [0.25, 0.3) is 0 Å². The van der Waals surface area contributed by atoms with Gasteiger partial charge in [-0.2, -0.15) is 0 Å². The fraction of sp³-hybridized carbons (Fsp3) is 0.312. The molecule has 6 heteroatoms. The summed E-state index contributed by atoms with van der Waals surface area (Å²) in [5.41, 5.74) is 0.752. The van der Waals surface area contributed by atoms with Crippen molar-refractivity contribution in [2.45, 2.75) is 18.9 Å². The lowest BCUT2D eigenvalue weighted by Gasteiger charge is -2.32. The number of benzene rings is 1. The molecule has 0 bridgehead atoms. The van der Waals surface area contributed by atoms with Crippen LogP contribution >= 0.6 is 22.6 Å². The summed E-state index contributed by atoms with van der Waals surface area (Å²) in [7, 11) is 0. The molecule has 0 unspecified atom stereocenters. The minimum atomic E-state index is 0.0963. The Morgan fingerprint density at radius 1 is 1.27 bits per heavy atom. The van der Waals surface area contributed by atoms with Crippen molar-refractivity contribution in [3.63, 3.8) is 0 Å². The molecule has 22 heavy (non-hydrogen) atoms. The third kappa shape index (κ3) is 3.73. The van der Waals surface area contributed by atoms with Crippen molar-refractivity contribution in [2.24, 2.45) is 0 Å². The van der Waals surface area contributed by atoms with Gasteiger partial charge in [0.25, 0.3) is 5.91 Å². The van der Waals surface area contributed by atoms with Crippen molar-refractivity contribution in [3.05, 3.63) is 52.0 Å². The Bertz CT molecular complexity index is 643. The van der Waals surface area contributed by atoms with Crippen molar-refractivity contribution in [2.75, 3.05) is 13.1 Å². The van der Waals surface area contributed by atoms with Gasteiger partial charge in [-0.05, 0) is 40.8 Å². The first-order valence-electron chi connectivity index (χ1n) is 7.20. The lowest BCUT2D eigenvalue weighted by atomic mass is 10.1. The highest BCUT2D eigenvalue weighted by Gasteiger charge is 2.24. The maximum atomic E-state index is 12.5. The number of ether oxygens (including phenoxy) is 1. The van der Waals surface area contributed by atoms with Crippen LogP contribution in [0.4, 0.5) is 0 Å². The summed E-state index contributed by atoms with van der Waals surface area (Å²) in [5.74, 6) is 0.691. The topological polar surface area (TPSA) is 55.3 Å². The van der Waals surface area contributed by atoms with E-state index in [1.54, 1.807) is 12.3 Å². The number of carbonyl (C=O) groups is 1. The van der Waals surface area contributed by atoms with Crippen LogP contribution in [-0.2, 0) is 0 Å². The van der Waals surface area contributed by atoms with E-state index in [1.807, 2.05) is 29.2 Å². The Hall–Kier alpha value is -1.70. The molecule has 0 atom stereocenters. The molecular formula is C16H16IN3O2. The van der Waals surface area contributed by atoms with Gasteiger partial charge >= 0.3 is 0 Å². The molecule has 1 aliphatic heterocycles. The maximum absolute atomic E-state index is 12.5. The van der Waals surface area contributed by atoms with E-state index in [0.717, 1.165) is 22.0 Å². The number of hydrogen-bond acceptors (Lipinski definition) is 4. The first-order chi connectivity index (χ1) is 10.7. The molecule has 0 spiro atoms. The normalized spacial score (nSPS) is 15.6. The number of likely N-dealkylation sites (tertiary alicyclic amines) is 1. The van der Waals surface area contributed by atoms with Gasteiger partial charge in [0.1, 0.15) is 12.4 Å². The second-order valence-corrected chi connectivity index (χ2v) is 6.41. The van der Waals surface area contributed by atoms with Crippen LogP contribution in [-0.4, -0.2) is 40.0 Å². The maximum Gasteiger partial charge on any atom is 0.253 e. The van der Waals surface area contributed by atoms with Crippen molar-refractivity contribution < 1.29 is 9.53 Å². The second-order valence-electron chi connectivity index (χ2n) is 5.17. The van der Waals surface area contributed by atoms with E-state index in [9.17, 15) is 4.79 Å². The van der Waals surface area contributed by atoms with Crippen molar-refractivity contribution in [3.8, 4) is 5.88 Å². The number of halogens is 1. The number of nitrogens with zero attached hydrogens (tertiary/aromatic N) is 3. The van der Waals surface area contributed by atoms with Gasteiger partial charge in [0.05, 0.1) is 0 Å². The lowest BCUT2D eigenvalue weighted by Crippen LogP contribution is -2.41. The average molecular weight is 409 g/mol. The SMILES string of the molecule is O=C(c1cccc(I)c1)N1CCC(Oc2ccncn2)CC1. The van der Waals surface area contributed by atoms with Crippen LogP contribution < -0.4 is 4.74 Å². The van der Waals surface area contributed by atoms with Gasteiger partial charge in [0, 0.05) is 47.3 Å². The Labute approximate surface area is 142 Å². The molecule has 0 radical (unpaired) electrons. The highest BCUT2D eigenvalue weighted by molar-refractivity contribution is 14.1. The highest BCUT2D eigenvalue weighted by Crippen LogP contribution is 2.19. The first-order valence-corrected chi connectivity index (χ1v) is 8.28. The van der Waals surface area contributed by atoms with Crippen LogP contribution in [0.15, 0.2) is 42.9 Å². The molecule has 1 fully saturated rings. The summed E-state index contributed by atoms with van der Waals surface area (Å²) < 4.78 is 6.89. The van der Waals surface area contributed by atoms with Gasteiger partial charge in [0.15, 0.2) is 0 Å². The van der Waals surface area contributed by atoms with Gasteiger partial charge in [-0.1, -0.05) is 6.07 Å². The van der Waals surface area contributed by atoms with Crippen LogP contribution in [0.5, 0.6) is 5.88 Å². The molecule has 2 heterocycles. The Morgan fingerprint density at radius 3 is 2.77 bits per heavy atom. The van der Waals surface area contributed by atoms with Crippen LogP contribution in [0.3, 0.4) is 0 Å². The molecule has 5 nitrogen and oxygen atoms in total. The summed E-state index contributed by atoms with van der Waals surface area (Å²) in [6, 6.07) is 9.45. The molecule has 1 aromatic heterocycles. The minimum Gasteiger partial charge on any atom is -0.474 e. The molecule has 0 N–H and O–H groups in total. The highest BCUT2D eigenvalue weighted by atomic mass is 127. The zero-order chi connectivity index (χ0) is 15.4. The second kappa shape index (κ2) is 7.04. The average Bonchev–Trinajstić information content (AvgIpc) is 2.56. The molecule has 114 valence electrons. The van der Waals surface area contributed by atoms with E-state index in [0.29, 0.717) is 19.0 Å². The summed E-state index contributed by atoms with van der Waals surface area (Å²) in [6.45, 7) is 1.42. The van der Waals surface area contributed by atoms with E-state index < -0.39 is 0 Å². The monoisotopic (exact) mass is 409 g/mol. The fourth-order valence-electron chi connectivity index (χ4n) is 2.50. The third-order valence-electron chi connectivity index (χ3n) is 3.64. The summed E-state index contributed by atoms with van der Waals surface area (Å²) in [6.07, 6.45) is 4.89. The van der Waals surface area contributed by atoms with Crippen LogP contribution in [0.2, 0.25) is 0 Å². The van der Waals surface area contributed by atoms with Gasteiger partial charge < -0.3 is 9.64 Å². The predicted octanol–water partition coefficient (Wildman–Crippen LogP) is 2.76. The summed E-state index contributed by atoms with van der Waals surface area (Å²) in [5, 5.41) is 0. The van der Waals surface area contributed by atoms with Crippen LogP contribution in [0.1, 0.15) is 23.2 Å². The number of hydrogen-bond donors (Lipinski definition) is 0. The lowest BCUT2D eigenvalue weighted by molar-refractivity contribution is 0.0587. The standard InChI is InChI=1S/C16H16IN3O2/c17-13-3-1-2-12(10-13)16(21)20-8-5-14(6-9-20)22-15-4-7-18-11-19-15/h1-4,7,10-11,14H,5-6,8-9H2. The Balaban J connectivity index is 1.56. The van der Waals surface area contributed by atoms with Gasteiger partial charge in [-0.15, -0.1) is 0 Å². The smallest absolute Gasteiger partial charge is 0.253 e.